The van der Waals surface area contributed by atoms with E-state index in [1.807, 2.05) is 26.0 Å². The second kappa shape index (κ2) is 6.85. The summed E-state index contributed by atoms with van der Waals surface area (Å²) in [6.45, 7) is 4.26. The third-order valence-electron chi connectivity index (χ3n) is 3.31. The predicted octanol–water partition coefficient (Wildman–Crippen LogP) is 2.59. The average molecular weight is 298 g/mol. The van der Waals surface area contributed by atoms with Gasteiger partial charge in [0.05, 0.1) is 18.2 Å². The summed E-state index contributed by atoms with van der Waals surface area (Å²) in [6.07, 6.45) is 3.18. The standard InChI is InChI=1S/C17H18N2O3/c1-4-19-16(20)14-7-13(9-18-10-14)12-6-5-11(2)15(8-12)17(21)22-3/h5-10H,4H2,1-3H3,(H,19,20). The van der Waals surface area contributed by atoms with Gasteiger partial charge in [-0.2, -0.15) is 0 Å². The number of nitrogens with one attached hydrogen (secondary N) is 1. The van der Waals surface area contributed by atoms with Crippen molar-refractivity contribution in [1.82, 2.24) is 10.3 Å². The summed E-state index contributed by atoms with van der Waals surface area (Å²) >= 11 is 0. The van der Waals surface area contributed by atoms with Crippen molar-refractivity contribution < 1.29 is 14.3 Å². The number of hydrogen-bond donors (Lipinski definition) is 1. The fourth-order valence-electron chi connectivity index (χ4n) is 2.12. The second-order valence-corrected chi connectivity index (χ2v) is 4.84. The number of ether oxygens (including phenoxy) is 1. The van der Waals surface area contributed by atoms with Gasteiger partial charge in [-0.1, -0.05) is 12.1 Å². The fourth-order valence-corrected chi connectivity index (χ4v) is 2.12. The van der Waals surface area contributed by atoms with E-state index in [-0.39, 0.29) is 11.9 Å². The number of methoxy groups -OCH3 is 1. The van der Waals surface area contributed by atoms with Gasteiger partial charge in [-0.15, -0.1) is 0 Å². The smallest absolute Gasteiger partial charge is 0.338 e. The molecule has 1 N–H and O–H groups in total. The maximum atomic E-state index is 11.9. The van der Waals surface area contributed by atoms with Crippen LogP contribution in [0.1, 0.15) is 33.2 Å². The Bertz CT molecular complexity index is 711. The summed E-state index contributed by atoms with van der Waals surface area (Å²) in [4.78, 5) is 27.8. The SMILES string of the molecule is CCNC(=O)c1cncc(-c2ccc(C)c(C(=O)OC)c2)c1. The largest absolute Gasteiger partial charge is 0.465 e. The van der Waals surface area contributed by atoms with E-state index in [2.05, 4.69) is 10.3 Å². The minimum Gasteiger partial charge on any atom is -0.465 e. The molecule has 22 heavy (non-hydrogen) atoms. The zero-order valence-corrected chi connectivity index (χ0v) is 12.8. The Morgan fingerprint density at radius 1 is 1.18 bits per heavy atom. The van der Waals surface area contributed by atoms with Gasteiger partial charge in [0.25, 0.3) is 5.91 Å². The third-order valence-corrected chi connectivity index (χ3v) is 3.31. The number of benzene rings is 1. The summed E-state index contributed by atoms with van der Waals surface area (Å²) in [5.41, 5.74) is 3.41. The molecule has 0 aliphatic rings. The monoisotopic (exact) mass is 298 g/mol. The lowest BCUT2D eigenvalue weighted by atomic mass is 10.00. The molecule has 0 saturated heterocycles. The lowest BCUT2D eigenvalue weighted by Crippen LogP contribution is -2.22. The highest BCUT2D eigenvalue weighted by molar-refractivity contribution is 5.95. The summed E-state index contributed by atoms with van der Waals surface area (Å²) in [5.74, 6) is -0.552. The Hall–Kier alpha value is -2.69. The van der Waals surface area contributed by atoms with E-state index in [1.165, 1.54) is 13.3 Å². The molecule has 2 rings (SSSR count). The molecule has 0 bridgehead atoms. The van der Waals surface area contributed by atoms with Crippen LogP contribution in [-0.2, 0) is 4.74 Å². The molecule has 1 amide bonds. The van der Waals surface area contributed by atoms with Gasteiger partial charge in [-0.25, -0.2) is 4.79 Å². The Morgan fingerprint density at radius 2 is 1.95 bits per heavy atom. The van der Waals surface area contributed by atoms with E-state index in [9.17, 15) is 9.59 Å². The number of esters is 1. The van der Waals surface area contributed by atoms with Crippen molar-refractivity contribution in [3.05, 3.63) is 53.3 Å². The van der Waals surface area contributed by atoms with Crippen molar-refractivity contribution >= 4 is 11.9 Å². The van der Waals surface area contributed by atoms with Gasteiger partial charge in [0.2, 0.25) is 0 Å². The van der Waals surface area contributed by atoms with Crippen LogP contribution < -0.4 is 5.32 Å². The van der Waals surface area contributed by atoms with Gasteiger partial charge < -0.3 is 10.1 Å². The molecule has 0 spiro atoms. The number of pyridine rings is 1. The third kappa shape index (κ3) is 3.31. The lowest BCUT2D eigenvalue weighted by Gasteiger charge is -2.08. The van der Waals surface area contributed by atoms with Crippen LogP contribution in [0.25, 0.3) is 11.1 Å². The maximum Gasteiger partial charge on any atom is 0.338 e. The Morgan fingerprint density at radius 3 is 2.64 bits per heavy atom. The zero-order valence-electron chi connectivity index (χ0n) is 12.8. The average Bonchev–Trinajstić information content (AvgIpc) is 2.55. The number of aromatic nitrogens is 1. The van der Waals surface area contributed by atoms with Crippen LogP contribution in [0.3, 0.4) is 0 Å². The molecule has 0 aliphatic heterocycles. The summed E-state index contributed by atoms with van der Waals surface area (Å²) in [7, 11) is 1.35. The van der Waals surface area contributed by atoms with E-state index in [0.29, 0.717) is 17.7 Å². The Kier molecular flexibility index (Phi) is 4.88. The van der Waals surface area contributed by atoms with Crippen molar-refractivity contribution in [3.8, 4) is 11.1 Å². The quantitative estimate of drug-likeness (QED) is 0.881. The highest BCUT2D eigenvalue weighted by Crippen LogP contribution is 2.23. The molecule has 0 aliphatic carbocycles. The molecule has 0 fully saturated rings. The summed E-state index contributed by atoms with van der Waals surface area (Å²) in [6, 6.07) is 7.24. The molecule has 5 nitrogen and oxygen atoms in total. The van der Waals surface area contributed by atoms with E-state index in [1.54, 1.807) is 18.3 Å². The minimum atomic E-state index is -0.382. The maximum absolute atomic E-state index is 11.9. The number of hydrogen-bond acceptors (Lipinski definition) is 4. The van der Waals surface area contributed by atoms with Crippen LogP contribution in [0, 0.1) is 6.92 Å². The van der Waals surface area contributed by atoms with E-state index < -0.39 is 0 Å². The number of carbonyl (C=O) groups excluding carboxylic acids is 2. The first-order valence-corrected chi connectivity index (χ1v) is 6.99. The van der Waals surface area contributed by atoms with Crippen molar-refractivity contribution in [2.45, 2.75) is 13.8 Å². The first-order chi connectivity index (χ1) is 10.6. The van der Waals surface area contributed by atoms with Crippen LogP contribution in [0.5, 0.6) is 0 Å². The van der Waals surface area contributed by atoms with E-state index >= 15 is 0 Å². The zero-order chi connectivity index (χ0) is 16.1. The molecule has 0 atom stereocenters. The van der Waals surface area contributed by atoms with Crippen LogP contribution in [0.2, 0.25) is 0 Å². The van der Waals surface area contributed by atoms with Crippen LogP contribution >= 0.6 is 0 Å². The normalized spacial score (nSPS) is 10.1. The molecular weight excluding hydrogens is 280 g/mol. The molecule has 114 valence electrons. The van der Waals surface area contributed by atoms with Gasteiger partial charge in [0, 0.05) is 24.5 Å². The van der Waals surface area contributed by atoms with Crippen molar-refractivity contribution in [2.75, 3.05) is 13.7 Å². The lowest BCUT2D eigenvalue weighted by molar-refractivity contribution is 0.0599. The molecule has 0 saturated carbocycles. The number of rotatable bonds is 4. The highest BCUT2D eigenvalue weighted by Gasteiger charge is 2.12. The van der Waals surface area contributed by atoms with Gasteiger partial charge in [-0.3, -0.25) is 9.78 Å². The molecule has 2 aromatic rings. The number of aryl methyl sites for hydroxylation is 1. The first-order valence-electron chi connectivity index (χ1n) is 6.99. The van der Waals surface area contributed by atoms with Gasteiger partial charge in [-0.05, 0) is 37.1 Å². The number of carbonyl (C=O) groups is 2. The molecule has 5 heteroatoms. The van der Waals surface area contributed by atoms with Gasteiger partial charge in [0.15, 0.2) is 0 Å². The molecule has 0 radical (unpaired) electrons. The molecule has 1 heterocycles. The van der Waals surface area contributed by atoms with Crippen LogP contribution in [0.4, 0.5) is 0 Å². The topological polar surface area (TPSA) is 68.3 Å². The van der Waals surface area contributed by atoms with E-state index in [0.717, 1.165) is 16.7 Å². The molecular formula is C17H18N2O3. The van der Waals surface area contributed by atoms with Gasteiger partial charge >= 0.3 is 5.97 Å². The van der Waals surface area contributed by atoms with Crippen molar-refractivity contribution in [2.24, 2.45) is 0 Å². The van der Waals surface area contributed by atoms with Crippen LogP contribution in [0.15, 0.2) is 36.7 Å². The first kappa shape index (κ1) is 15.7. The molecule has 1 aromatic carbocycles. The molecule has 0 unspecified atom stereocenters. The number of nitrogens with zero attached hydrogens (tertiary/aromatic N) is 1. The van der Waals surface area contributed by atoms with E-state index in [4.69, 9.17) is 4.74 Å². The highest BCUT2D eigenvalue weighted by atomic mass is 16.5. The Balaban J connectivity index is 2.42. The minimum absolute atomic E-state index is 0.169. The summed E-state index contributed by atoms with van der Waals surface area (Å²) < 4.78 is 4.78. The predicted molar refractivity (Wildman–Crippen MR) is 83.8 cm³/mol. The molecule has 1 aromatic heterocycles. The summed E-state index contributed by atoms with van der Waals surface area (Å²) in [5, 5.41) is 2.74. The van der Waals surface area contributed by atoms with Crippen molar-refractivity contribution in [3.63, 3.8) is 0 Å². The van der Waals surface area contributed by atoms with Gasteiger partial charge in [0.1, 0.15) is 0 Å². The fraction of sp³-hybridized carbons (Fsp3) is 0.235. The van der Waals surface area contributed by atoms with Crippen molar-refractivity contribution in [1.29, 1.82) is 0 Å². The second-order valence-electron chi connectivity index (χ2n) is 4.84. The number of amides is 1. The Labute approximate surface area is 129 Å². The van der Waals surface area contributed by atoms with Crippen LogP contribution in [-0.4, -0.2) is 30.5 Å².